The Morgan fingerprint density at radius 3 is 2.50 bits per heavy atom. The van der Waals surface area contributed by atoms with E-state index in [-0.39, 0.29) is 18.9 Å². The third kappa shape index (κ3) is 5.80. The minimum Gasteiger partial charge on any atom is -0.481 e. The van der Waals surface area contributed by atoms with Crippen LogP contribution >= 0.6 is 23.2 Å². The van der Waals surface area contributed by atoms with Crippen molar-refractivity contribution in [3.8, 4) is 0 Å². The largest absolute Gasteiger partial charge is 0.481 e. The first-order valence-electron chi connectivity index (χ1n) is 6.30. The molecule has 0 heterocycles. The first-order valence-corrected chi connectivity index (χ1v) is 7.05. The normalized spacial score (nSPS) is 10.3. The first kappa shape index (κ1) is 16.8. The van der Waals surface area contributed by atoms with Crippen molar-refractivity contribution >= 4 is 35.1 Å². The third-order valence-electron chi connectivity index (χ3n) is 2.93. The van der Waals surface area contributed by atoms with Crippen LogP contribution < -0.4 is 0 Å². The Morgan fingerprint density at radius 2 is 1.90 bits per heavy atom. The maximum absolute atomic E-state index is 11.8. The van der Waals surface area contributed by atoms with Crippen molar-refractivity contribution in [2.75, 3.05) is 13.6 Å². The van der Waals surface area contributed by atoms with E-state index in [0.29, 0.717) is 22.9 Å². The fourth-order valence-electron chi connectivity index (χ4n) is 1.72. The van der Waals surface area contributed by atoms with Gasteiger partial charge in [0.1, 0.15) is 0 Å². The molecule has 0 aromatic heterocycles. The zero-order valence-corrected chi connectivity index (χ0v) is 12.7. The molecule has 0 aliphatic rings. The number of hydrogen-bond donors (Lipinski definition) is 1. The molecular weight excluding hydrogens is 301 g/mol. The molecule has 0 bridgehead atoms. The van der Waals surface area contributed by atoms with Gasteiger partial charge in [-0.15, -0.1) is 0 Å². The van der Waals surface area contributed by atoms with E-state index < -0.39 is 5.97 Å². The lowest BCUT2D eigenvalue weighted by Gasteiger charge is -2.15. The molecule has 0 aliphatic carbocycles. The number of carbonyl (C=O) groups excluding carboxylic acids is 1. The predicted molar refractivity (Wildman–Crippen MR) is 79.3 cm³/mol. The molecule has 0 fully saturated rings. The maximum Gasteiger partial charge on any atom is 0.305 e. The molecule has 1 N–H and O–H groups in total. The molecule has 0 saturated heterocycles. The summed E-state index contributed by atoms with van der Waals surface area (Å²) >= 11 is 11.7. The highest BCUT2D eigenvalue weighted by molar-refractivity contribution is 6.42. The van der Waals surface area contributed by atoms with E-state index in [1.54, 1.807) is 19.2 Å². The van der Waals surface area contributed by atoms with Gasteiger partial charge >= 0.3 is 5.97 Å². The van der Waals surface area contributed by atoms with Gasteiger partial charge in [0.2, 0.25) is 5.91 Å². The van der Waals surface area contributed by atoms with Gasteiger partial charge in [0.15, 0.2) is 0 Å². The number of rotatable bonds is 7. The Labute approximate surface area is 128 Å². The van der Waals surface area contributed by atoms with Crippen LogP contribution in [0.4, 0.5) is 0 Å². The Morgan fingerprint density at radius 1 is 1.20 bits per heavy atom. The lowest BCUT2D eigenvalue weighted by Crippen LogP contribution is -2.28. The van der Waals surface area contributed by atoms with Crippen LogP contribution in [0.2, 0.25) is 10.0 Å². The molecule has 1 aromatic carbocycles. The molecule has 4 nitrogen and oxygen atoms in total. The van der Waals surface area contributed by atoms with E-state index in [1.807, 2.05) is 6.07 Å². The van der Waals surface area contributed by atoms with E-state index >= 15 is 0 Å². The third-order valence-corrected chi connectivity index (χ3v) is 3.67. The van der Waals surface area contributed by atoms with Crippen molar-refractivity contribution in [2.24, 2.45) is 0 Å². The number of aliphatic carboxylic acids is 1. The Balaban J connectivity index is 2.34. The van der Waals surface area contributed by atoms with Crippen LogP contribution in [0, 0.1) is 0 Å². The van der Waals surface area contributed by atoms with Gasteiger partial charge in [-0.3, -0.25) is 9.59 Å². The second kappa shape index (κ2) is 8.12. The van der Waals surface area contributed by atoms with Gasteiger partial charge in [0.05, 0.1) is 16.5 Å². The summed E-state index contributed by atoms with van der Waals surface area (Å²) in [5, 5.41) is 9.58. The second-order valence-corrected chi connectivity index (χ2v) is 5.38. The highest BCUT2D eigenvalue weighted by atomic mass is 35.5. The first-order chi connectivity index (χ1) is 9.40. The molecule has 0 saturated carbocycles. The molecule has 0 radical (unpaired) electrons. The molecule has 0 spiro atoms. The summed E-state index contributed by atoms with van der Waals surface area (Å²) in [5.74, 6) is -0.952. The quantitative estimate of drug-likeness (QED) is 0.839. The topological polar surface area (TPSA) is 57.6 Å². The summed E-state index contributed by atoms with van der Waals surface area (Å²) in [5.41, 5.74) is 1.03. The van der Waals surface area contributed by atoms with Crippen molar-refractivity contribution in [3.05, 3.63) is 33.8 Å². The number of nitrogens with zero attached hydrogens (tertiary/aromatic N) is 1. The summed E-state index contributed by atoms with van der Waals surface area (Å²) in [4.78, 5) is 23.6. The second-order valence-electron chi connectivity index (χ2n) is 4.56. The monoisotopic (exact) mass is 317 g/mol. The molecule has 110 valence electrons. The van der Waals surface area contributed by atoms with Gasteiger partial charge in [0, 0.05) is 20.0 Å². The van der Waals surface area contributed by atoms with Crippen LogP contribution in [0.5, 0.6) is 0 Å². The maximum atomic E-state index is 11.8. The zero-order chi connectivity index (χ0) is 15.1. The minimum absolute atomic E-state index is 0.0327. The smallest absolute Gasteiger partial charge is 0.305 e. The number of amides is 1. The Kier molecular flexibility index (Phi) is 6.82. The van der Waals surface area contributed by atoms with Crippen LogP contribution in [-0.2, 0) is 16.0 Å². The number of hydrogen-bond acceptors (Lipinski definition) is 2. The SMILES string of the molecule is CN(CCC(=O)O)C(=O)CCCc1ccc(Cl)c(Cl)c1. The summed E-state index contributed by atoms with van der Waals surface area (Å²) in [7, 11) is 1.62. The van der Waals surface area contributed by atoms with Crippen LogP contribution in [0.15, 0.2) is 18.2 Å². The van der Waals surface area contributed by atoms with E-state index in [0.717, 1.165) is 12.0 Å². The fourth-order valence-corrected chi connectivity index (χ4v) is 2.04. The standard InChI is InChI=1S/C14H17Cl2NO3/c1-17(8-7-14(19)20)13(18)4-2-3-10-5-6-11(15)12(16)9-10/h5-6,9H,2-4,7-8H2,1H3,(H,19,20). The van der Waals surface area contributed by atoms with Gasteiger partial charge in [-0.05, 0) is 30.5 Å². The summed E-state index contributed by atoms with van der Waals surface area (Å²) in [6.07, 6.45) is 1.77. The lowest BCUT2D eigenvalue weighted by atomic mass is 10.1. The van der Waals surface area contributed by atoms with Crippen molar-refractivity contribution < 1.29 is 14.7 Å². The zero-order valence-electron chi connectivity index (χ0n) is 11.2. The fraction of sp³-hybridized carbons (Fsp3) is 0.429. The van der Waals surface area contributed by atoms with Crippen molar-refractivity contribution in [1.82, 2.24) is 4.90 Å². The molecule has 0 aliphatic heterocycles. The van der Waals surface area contributed by atoms with Gasteiger partial charge in [-0.1, -0.05) is 29.3 Å². The van der Waals surface area contributed by atoms with Gasteiger partial charge < -0.3 is 10.0 Å². The number of carboxylic acid groups (broad SMARTS) is 1. The average molecular weight is 318 g/mol. The van der Waals surface area contributed by atoms with E-state index in [4.69, 9.17) is 28.3 Å². The number of halogens is 2. The molecular formula is C14H17Cl2NO3. The Bertz CT molecular complexity index is 491. The van der Waals surface area contributed by atoms with Gasteiger partial charge in [-0.2, -0.15) is 0 Å². The molecule has 20 heavy (non-hydrogen) atoms. The summed E-state index contributed by atoms with van der Waals surface area (Å²) in [6, 6.07) is 5.41. The molecule has 0 atom stereocenters. The van der Waals surface area contributed by atoms with E-state index in [1.165, 1.54) is 4.90 Å². The average Bonchev–Trinajstić information content (AvgIpc) is 2.39. The van der Waals surface area contributed by atoms with Crippen LogP contribution in [0.1, 0.15) is 24.8 Å². The molecule has 1 rings (SSSR count). The van der Waals surface area contributed by atoms with Crippen LogP contribution in [0.25, 0.3) is 0 Å². The molecule has 0 unspecified atom stereocenters. The van der Waals surface area contributed by atoms with E-state index in [2.05, 4.69) is 0 Å². The highest BCUT2D eigenvalue weighted by Gasteiger charge is 2.10. The van der Waals surface area contributed by atoms with Crippen molar-refractivity contribution in [1.29, 1.82) is 0 Å². The van der Waals surface area contributed by atoms with Crippen molar-refractivity contribution in [2.45, 2.75) is 25.7 Å². The predicted octanol–water partition coefficient (Wildman–Crippen LogP) is 3.25. The van der Waals surface area contributed by atoms with Crippen LogP contribution in [-0.4, -0.2) is 35.5 Å². The Hall–Kier alpha value is -1.26. The number of benzene rings is 1. The lowest BCUT2D eigenvalue weighted by molar-refractivity contribution is -0.138. The summed E-state index contributed by atoms with van der Waals surface area (Å²) < 4.78 is 0. The summed E-state index contributed by atoms with van der Waals surface area (Å²) in [6.45, 7) is 0.237. The van der Waals surface area contributed by atoms with Crippen molar-refractivity contribution in [3.63, 3.8) is 0 Å². The minimum atomic E-state index is -0.902. The molecule has 6 heteroatoms. The van der Waals surface area contributed by atoms with Gasteiger partial charge in [0.25, 0.3) is 0 Å². The van der Waals surface area contributed by atoms with Crippen LogP contribution in [0.3, 0.4) is 0 Å². The highest BCUT2D eigenvalue weighted by Crippen LogP contribution is 2.23. The molecule has 1 amide bonds. The number of aryl methyl sites for hydroxylation is 1. The van der Waals surface area contributed by atoms with E-state index in [9.17, 15) is 9.59 Å². The van der Waals surface area contributed by atoms with Gasteiger partial charge in [-0.25, -0.2) is 0 Å². The number of carboxylic acids is 1. The number of carbonyl (C=O) groups is 2. The molecule has 1 aromatic rings.